The maximum Gasteiger partial charge on any atom is 0.257 e. The summed E-state index contributed by atoms with van der Waals surface area (Å²) in [6, 6.07) is 2.99. The molecule has 458 valence electrons. The summed E-state index contributed by atoms with van der Waals surface area (Å²) in [6.07, 6.45) is 1.74. The summed E-state index contributed by atoms with van der Waals surface area (Å²) in [6.45, 7) is 24.4. The van der Waals surface area contributed by atoms with Crippen LogP contribution in [0.5, 0.6) is 0 Å². The number of fused-ring (bicyclic) bond motifs is 2. The van der Waals surface area contributed by atoms with Crippen molar-refractivity contribution in [3.05, 3.63) is 56.6 Å². The minimum Gasteiger partial charge on any atom is -0.356 e. The molecule has 0 radical (unpaired) electrons. The fourth-order valence-electron chi connectivity index (χ4n) is 7.09. The Balaban J connectivity index is -0.00000000128. The average Bonchev–Trinajstić information content (AvgIpc) is 3.22. The van der Waals surface area contributed by atoms with Gasteiger partial charge in [0, 0.05) is 235 Å². The van der Waals surface area contributed by atoms with E-state index in [1.165, 1.54) is 6.07 Å². The molecule has 1 fully saturated rings. The zero-order valence-electron chi connectivity index (χ0n) is 25.4. The highest BCUT2D eigenvalue weighted by Crippen LogP contribution is 2.46. The Kier molecular flexibility index (Phi) is 6.64. The van der Waals surface area contributed by atoms with Crippen molar-refractivity contribution in [1.29, 1.82) is 0 Å². The number of halogens is 1. The number of rotatable bonds is 4. The lowest BCUT2D eigenvalue weighted by Gasteiger charge is -2.51. The summed E-state index contributed by atoms with van der Waals surface area (Å²) < 4.78 is 21.5. The van der Waals surface area contributed by atoms with Gasteiger partial charge in [-0.2, -0.15) is 0 Å². The van der Waals surface area contributed by atoms with Crippen molar-refractivity contribution in [3.63, 3.8) is 0 Å². The summed E-state index contributed by atoms with van der Waals surface area (Å²) >= 11 is 0. The first-order valence-electron chi connectivity index (χ1n) is 14.5. The number of hydrogen-bond donors (Lipinski definition) is 0. The molecule has 4 heterocycles. The molecule has 2 aliphatic rings. The lowest BCUT2D eigenvalue weighted by Crippen LogP contribution is -2.56. The van der Waals surface area contributed by atoms with Crippen molar-refractivity contribution >= 4 is 11.0 Å². The topological polar surface area (TPSA) is 64.2 Å². The van der Waals surface area contributed by atoms with Gasteiger partial charge in [-0.1, -0.05) is 46.7 Å². The number of benzene rings is 1. The number of likely N-dealkylation sites (tertiary alicyclic amines) is 1. The van der Waals surface area contributed by atoms with Gasteiger partial charge in [-0.25, -0.2) is 9.37 Å². The van der Waals surface area contributed by atoms with E-state index in [9.17, 15) is 9.18 Å². The van der Waals surface area contributed by atoms with E-state index in [1.807, 2.05) is 18.4 Å². The van der Waals surface area contributed by atoms with E-state index in [0.717, 1.165) is 59.7 Å². The number of hydrogen-bond acceptors (Lipinski definition) is 5. The van der Waals surface area contributed by atoms with E-state index in [4.69, 9.17) is 9.51 Å². The SMILES string of the molecule is Cc1nc2n(c(=O)c1C(C)CN1CCC(c3noc4cc(F)cc(C)c34)C(C)C1(C)C)CC(C)(C)C(C)(C)C2.[HH].[HH].[HH].[HH].[HH].[HH].[HH].[HH].[HH].[HH].[HH].[HH].[HH].[HH].[HH].[HH].[HH].[HH].[HH].[HH].[HH].[HH].[HH].[HH].[HH].[HH].[HH].[HH].[HH].[HH].[HH].[HH].[HH].[HH].[HH].[HH].[HH].[HH].[HH].[HH].[HH].[HH].[HH].[HH].[HH].[HH].[HH].[HH].[HH].[HH].[HH].[HH].[HH].[HH].[HH].[HH].[HH].[HH].[HH].[HH].[HH].[HH].[HH].[HH].[HH].[HH].[HH].[HH].[HH].[HH].[HH].[HH].[HH].[HH].[HH].[HH].[HH].[HH].[HH].[HH].[HH].[HH].[HH].[HH].[HH].[HH].[HH].[HH].[HH].[HH].[HH].[HH].[HH].[HH].[HH].[HH].[HH].[HH].[HH].[HH].[HH].[HH].[HH].[HH].[HH].[HH].[HH].[HH].[HH].[HH].[HH].[HH].[HH].[HH].[HH].[HH].[HH].[HH].[HH].[HH].[HH].[HH].[HH]. The van der Waals surface area contributed by atoms with Crippen LogP contribution in [0.1, 0.15) is 277 Å². The number of piperidine rings is 1. The molecule has 39 heavy (non-hydrogen) atoms. The molecule has 0 saturated carbocycles. The van der Waals surface area contributed by atoms with Gasteiger partial charge in [-0.05, 0) is 69.0 Å². The monoisotopic (exact) mass is 784 g/mol. The highest BCUT2D eigenvalue weighted by atomic mass is 19.1. The molecule has 0 amide bonds. The van der Waals surface area contributed by atoms with Gasteiger partial charge in [0.05, 0.1) is 5.69 Å². The van der Waals surface area contributed by atoms with Crippen molar-refractivity contribution in [3.8, 4) is 0 Å². The predicted octanol–water partition coefficient (Wildman–Crippen LogP) is 37.0. The van der Waals surface area contributed by atoms with Gasteiger partial charge in [-0.15, -0.1) is 0 Å². The molecule has 7 heteroatoms. The second kappa shape index (κ2) is 9.25. The molecule has 2 aromatic heterocycles. The van der Waals surface area contributed by atoms with Gasteiger partial charge < -0.3 is 4.52 Å². The molecule has 3 atom stereocenters. The van der Waals surface area contributed by atoms with E-state index < -0.39 is 0 Å². The molecule has 5 rings (SSSR count). The van der Waals surface area contributed by atoms with Crippen LogP contribution in [0.3, 0.4) is 0 Å². The number of aromatic nitrogens is 3. The Labute approximate surface area is 414 Å². The highest BCUT2D eigenvalue weighted by molar-refractivity contribution is 5.83. The summed E-state index contributed by atoms with van der Waals surface area (Å²) in [5.74, 6) is 1.17. The van der Waals surface area contributed by atoms with Gasteiger partial charge in [-0.3, -0.25) is 14.3 Å². The van der Waals surface area contributed by atoms with Gasteiger partial charge in [0.25, 0.3) is 5.56 Å². The van der Waals surface area contributed by atoms with Gasteiger partial charge in [0.1, 0.15) is 11.6 Å². The van der Waals surface area contributed by atoms with Crippen molar-refractivity contribution in [2.45, 2.75) is 106 Å². The minimum atomic E-state index is -0.296. The first-order valence-corrected chi connectivity index (χ1v) is 14.5. The van der Waals surface area contributed by atoms with E-state index >= 15 is 0 Å². The first kappa shape index (κ1) is 28.0. The zero-order valence-corrected chi connectivity index (χ0v) is 25.4. The van der Waals surface area contributed by atoms with Crippen LogP contribution in [0.2, 0.25) is 0 Å². The Morgan fingerprint density at radius 2 is 1.85 bits per heavy atom. The number of nitrogens with zero attached hydrogens (tertiary/aromatic N) is 4. The lowest BCUT2D eigenvalue weighted by molar-refractivity contribution is 0.0109. The second-order valence-corrected chi connectivity index (χ2v) is 14.2. The third kappa shape index (κ3) is 4.45. The number of aryl methyl sites for hydroxylation is 2. The van der Waals surface area contributed by atoms with E-state index in [-0.39, 0.29) is 221 Å². The largest absolute Gasteiger partial charge is 0.356 e. The fourth-order valence-corrected chi connectivity index (χ4v) is 7.09. The molecule has 0 N–H and O–H groups in total. The van der Waals surface area contributed by atoms with Crippen molar-refractivity contribution < 1.29 is 184 Å². The molecular weight excluding hydrogens is 491 g/mol. The van der Waals surface area contributed by atoms with Crippen LogP contribution in [-0.2, 0) is 13.0 Å². The highest BCUT2D eigenvalue weighted by Gasteiger charge is 2.45. The van der Waals surface area contributed by atoms with Crippen LogP contribution in [0.25, 0.3) is 11.0 Å². The van der Waals surface area contributed by atoms with Gasteiger partial charge in [0.2, 0.25) is 0 Å². The second-order valence-electron chi connectivity index (χ2n) is 14.2. The van der Waals surface area contributed by atoms with Crippen LogP contribution in [0.15, 0.2) is 21.5 Å². The maximum atomic E-state index is 14.0. The molecule has 0 bridgehead atoms. The lowest BCUT2D eigenvalue weighted by atomic mass is 9.64. The third-order valence-electron chi connectivity index (χ3n) is 10.8. The molecule has 0 spiro atoms. The normalized spacial score (nSPS) is 25.0. The van der Waals surface area contributed by atoms with E-state index in [2.05, 4.69) is 65.4 Å². The van der Waals surface area contributed by atoms with E-state index in [0.29, 0.717) is 12.1 Å². The Morgan fingerprint density at radius 3 is 2.54 bits per heavy atom. The quantitative estimate of drug-likeness (QED) is 0.264. The molecule has 6 nitrogen and oxygen atoms in total. The summed E-state index contributed by atoms with van der Waals surface area (Å²) in [4.78, 5) is 21.4. The van der Waals surface area contributed by atoms with E-state index in [1.54, 1.807) is 6.07 Å². The summed E-state index contributed by atoms with van der Waals surface area (Å²) in [7, 11) is 0. The molecule has 0 aliphatic carbocycles. The molecule has 1 aromatic carbocycles. The van der Waals surface area contributed by atoms with Crippen molar-refractivity contribution in [1.82, 2.24) is 19.6 Å². The van der Waals surface area contributed by atoms with Crippen LogP contribution < -0.4 is 5.56 Å². The van der Waals surface area contributed by atoms with Crippen LogP contribution >= 0.6 is 0 Å². The standard InChI is InChI=1S/C32H45FN4O2.123H2/c1-18-13-22(33)14-24-27(18)28(35-39-24)23-11-12-36(32(9,10)20(23)3)16-19(2)26-21(4)34-25-15-30(5,6)31(7,8)17-37(25)29(26)38;;;;;;;;;;;;;;;;;;;;;;;;;;;;;;;;;;;;;;;;;;;;;;;;;;;;;;;;;;;;;;;;;;;;;;;;;;;;;;;;;;;;;;;;;;;;;;;;;;;;;;;;;;;;;;;;;;;;;;;;;;;/h13-14,19-20,23H,11-12,15-17H2,1-10H3;123*1H. The zero-order chi connectivity index (χ0) is 28.7. The minimum absolute atomic E-state index is 0. The third-order valence-corrected chi connectivity index (χ3v) is 10.8. The smallest absolute Gasteiger partial charge is 0.257 e. The first-order chi connectivity index (χ1) is 18.0. The summed E-state index contributed by atoms with van der Waals surface area (Å²) in [5.41, 5.74) is 4.13. The molecule has 3 unspecified atom stereocenters. The van der Waals surface area contributed by atoms with Crippen molar-refractivity contribution in [2.75, 3.05) is 13.1 Å². The molecular formula is C32H291FN4O2. The molecule has 3 aromatic rings. The average molecular weight is 785 g/mol. The van der Waals surface area contributed by atoms with Crippen LogP contribution in [0.4, 0.5) is 4.39 Å². The van der Waals surface area contributed by atoms with Crippen LogP contribution in [-0.4, -0.2) is 38.2 Å². The van der Waals surface area contributed by atoms with Crippen LogP contribution in [0, 0.1) is 36.4 Å². The Hall–Kier alpha value is -2.54. The fraction of sp³-hybridized carbons (Fsp3) is 0.656. The molecule has 1 saturated heterocycles. The van der Waals surface area contributed by atoms with Crippen molar-refractivity contribution in [2.24, 2.45) is 16.7 Å². The summed E-state index contributed by atoms with van der Waals surface area (Å²) in [5, 5.41) is 5.39. The van der Waals surface area contributed by atoms with Gasteiger partial charge in [0.15, 0.2) is 5.58 Å². The Morgan fingerprint density at radius 1 is 1.15 bits per heavy atom. The molecule has 2 aliphatic heterocycles. The predicted molar refractivity (Wildman–Crippen MR) is 414 cm³/mol. The Bertz CT molecular complexity index is 1610. The maximum absolute atomic E-state index is 14.0. The van der Waals surface area contributed by atoms with Gasteiger partial charge >= 0.3 is 0 Å².